The number of hydrogen-bond acceptors (Lipinski definition) is 11. The molecule has 14 nitrogen and oxygen atoms in total. The quantitative estimate of drug-likeness (QED) is 0.139. The second-order valence-electron chi connectivity index (χ2n) is 7.75. The molecule has 1 rings (SSSR count). The van der Waals surface area contributed by atoms with E-state index in [0.29, 0.717) is 0 Å². The second kappa shape index (κ2) is 11.8. The molecule has 9 atom stereocenters. The third-order valence-corrected chi connectivity index (χ3v) is 4.80. The Morgan fingerprint density at radius 1 is 1.16 bits per heavy atom. The molecule has 0 aromatic rings. The van der Waals surface area contributed by atoms with Crippen LogP contribution in [0.2, 0.25) is 0 Å². The average molecular weight is 468 g/mol. The molecule has 0 aliphatic carbocycles. The highest BCUT2D eigenvalue weighted by molar-refractivity contribution is 5.78. The first kappa shape index (κ1) is 28.1. The van der Waals surface area contributed by atoms with Crippen LogP contribution in [0.15, 0.2) is 0 Å². The van der Waals surface area contributed by atoms with Crippen molar-refractivity contribution in [3.05, 3.63) is 0 Å². The van der Waals surface area contributed by atoms with Gasteiger partial charge in [-0.2, -0.15) is 0 Å². The Labute approximate surface area is 183 Å². The highest BCUT2D eigenvalue weighted by Gasteiger charge is 2.62. The van der Waals surface area contributed by atoms with E-state index in [1.165, 1.54) is 13.8 Å². The van der Waals surface area contributed by atoms with E-state index >= 15 is 0 Å². The fraction of sp³-hybridized carbons (Fsp3) is 0.833. The topological polar surface area (TPSA) is 235 Å². The Hall–Kier alpha value is -1.91. The van der Waals surface area contributed by atoms with E-state index in [1.54, 1.807) is 0 Å². The second-order valence-corrected chi connectivity index (χ2v) is 7.75. The number of carbonyl (C=O) groups is 3. The van der Waals surface area contributed by atoms with Gasteiger partial charge >= 0.3 is 5.97 Å². The Morgan fingerprint density at radius 3 is 2.19 bits per heavy atom. The van der Waals surface area contributed by atoms with Gasteiger partial charge in [-0.15, -0.1) is 0 Å². The Balaban J connectivity index is 3.44. The minimum absolute atomic E-state index is 0.408. The van der Waals surface area contributed by atoms with E-state index in [-0.39, 0.29) is 0 Å². The third kappa shape index (κ3) is 6.79. The predicted octanol–water partition coefficient (Wildman–Crippen LogP) is -4.60. The summed E-state index contributed by atoms with van der Waals surface area (Å²) in [5.74, 6) is -6.36. The largest absolute Gasteiger partial charge is 0.477 e. The van der Waals surface area contributed by atoms with Crippen molar-refractivity contribution < 1.29 is 59.6 Å². The monoisotopic (exact) mass is 468 g/mol. The van der Waals surface area contributed by atoms with E-state index in [0.717, 1.165) is 6.92 Å². The van der Waals surface area contributed by atoms with Crippen molar-refractivity contribution in [3.8, 4) is 0 Å². The first-order valence-electron chi connectivity index (χ1n) is 9.89. The zero-order chi connectivity index (χ0) is 24.8. The molecule has 2 amide bonds. The molecule has 1 aliphatic heterocycles. The number of amides is 2. The number of nitrogens with one attached hydrogen (secondary N) is 2. The summed E-state index contributed by atoms with van der Waals surface area (Å²) in [4.78, 5) is 35.9. The van der Waals surface area contributed by atoms with Gasteiger partial charge in [-0.25, -0.2) is 4.79 Å². The summed E-state index contributed by atoms with van der Waals surface area (Å²) in [7, 11) is 0. The van der Waals surface area contributed by atoms with Gasteiger partial charge in [0, 0.05) is 6.92 Å². The number of aliphatic hydroxyl groups is 6. The molecule has 0 aromatic heterocycles. The molecule has 32 heavy (non-hydrogen) atoms. The van der Waals surface area contributed by atoms with Gasteiger partial charge < -0.3 is 55.9 Å². The number of rotatable bonds is 11. The normalized spacial score (nSPS) is 31.8. The number of aliphatic carboxylic acids is 1. The predicted molar refractivity (Wildman–Crippen MR) is 104 cm³/mol. The number of carboxylic acid groups (broad SMARTS) is 1. The standard InChI is InChI=1S/C18H32N2O12/c1-7(22)4-11(26)20-13-14(27)16(28)18(17(29)30,31-6-10(25)5-21)32-15(13)12(8(2)23)19-9(3)24/h7-8,10,12-16,21-23,25,27-28H,4-6H2,1-3H3,(H,19,24)(H,20,26)(H,29,30). The van der Waals surface area contributed by atoms with Crippen LogP contribution in [0.25, 0.3) is 0 Å². The van der Waals surface area contributed by atoms with E-state index in [2.05, 4.69) is 10.6 Å². The molecule has 0 aromatic carbocycles. The van der Waals surface area contributed by atoms with Crippen LogP contribution in [0.1, 0.15) is 27.2 Å². The summed E-state index contributed by atoms with van der Waals surface area (Å²) < 4.78 is 10.5. The molecular formula is C18H32N2O12. The molecule has 0 radical (unpaired) electrons. The van der Waals surface area contributed by atoms with Crippen molar-refractivity contribution in [1.82, 2.24) is 10.6 Å². The van der Waals surface area contributed by atoms with E-state index in [9.17, 15) is 45.0 Å². The SMILES string of the molecule is CC(=O)NC(C(C)O)C1OC(OCC(O)CO)(C(=O)O)C(O)C(O)C1NC(=O)CC(C)O. The molecule has 1 heterocycles. The molecule has 9 unspecified atom stereocenters. The van der Waals surface area contributed by atoms with Crippen molar-refractivity contribution in [2.45, 2.75) is 81.7 Å². The average Bonchev–Trinajstić information content (AvgIpc) is 2.68. The lowest BCUT2D eigenvalue weighted by Gasteiger charge is -2.50. The van der Waals surface area contributed by atoms with Crippen LogP contribution >= 0.6 is 0 Å². The molecule has 14 heteroatoms. The summed E-state index contributed by atoms with van der Waals surface area (Å²) in [5.41, 5.74) is 0. The number of carbonyl (C=O) groups excluding carboxylic acids is 2. The minimum Gasteiger partial charge on any atom is -0.477 e. The van der Waals surface area contributed by atoms with Crippen molar-refractivity contribution in [2.24, 2.45) is 0 Å². The van der Waals surface area contributed by atoms with Gasteiger partial charge in [0.25, 0.3) is 5.79 Å². The maximum Gasteiger partial charge on any atom is 0.367 e. The molecule has 0 spiro atoms. The summed E-state index contributed by atoms with van der Waals surface area (Å²) in [6.45, 7) is 2.03. The van der Waals surface area contributed by atoms with Crippen LogP contribution in [0.4, 0.5) is 0 Å². The van der Waals surface area contributed by atoms with E-state index in [1.807, 2.05) is 0 Å². The van der Waals surface area contributed by atoms with Gasteiger partial charge in [-0.05, 0) is 13.8 Å². The number of ether oxygens (including phenoxy) is 2. The van der Waals surface area contributed by atoms with Crippen molar-refractivity contribution in [2.75, 3.05) is 13.2 Å². The molecule has 1 fully saturated rings. The molecule has 186 valence electrons. The lowest BCUT2D eigenvalue weighted by molar-refractivity contribution is -0.343. The molecule has 1 aliphatic rings. The summed E-state index contributed by atoms with van der Waals surface area (Å²) in [6.07, 6.45) is -10.4. The zero-order valence-electron chi connectivity index (χ0n) is 17.9. The molecule has 0 saturated carbocycles. The lowest BCUT2D eigenvalue weighted by Crippen LogP contribution is -2.75. The summed E-state index contributed by atoms with van der Waals surface area (Å²) in [5, 5.41) is 73.7. The van der Waals surface area contributed by atoms with Crippen LogP contribution in [-0.2, 0) is 23.9 Å². The van der Waals surface area contributed by atoms with Gasteiger partial charge in [-0.1, -0.05) is 0 Å². The zero-order valence-corrected chi connectivity index (χ0v) is 17.9. The first-order chi connectivity index (χ1) is 14.8. The molecular weight excluding hydrogens is 436 g/mol. The Bertz CT molecular complexity index is 660. The highest BCUT2D eigenvalue weighted by atomic mass is 16.7. The maximum atomic E-state index is 12.2. The highest BCUT2D eigenvalue weighted by Crippen LogP contribution is 2.34. The third-order valence-electron chi connectivity index (χ3n) is 4.80. The summed E-state index contributed by atoms with van der Waals surface area (Å²) in [6, 6.07) is -2.95. The van der Waals surface area contributed by atoms with Gasteiger partial charge in [0.05, 0.1) is 43.9 Å². The van der Waals surface area contributed by atoms with Gasteiger partial charge in [0.2, 0.25) is 11.8 Å². The fourth-order valence-corrected chi connectivity index (χ4v) is 3.28. The minimum atomic E-state index is -2.99. The van der Waals surface area contributed by atoms with Gasteiger partial charge in [0.1, 0.15) is 24.4 Å². The lowest BCUT2D eigenvalue weighted by atomic mass is 9.85. The van der Waals surface area contributed by atoms with Crippen LogP contribution in [0.3, 0.4) is 0 Å². The molecule has 0 bridgehead atoms. The Morgan fingerprint density at radius 2 is 1.75 bits per heavy atom. The first-order valence-corrected chi connectivity index (χ1v) is 9.89. The van der Waals surface area contributed by atoms with Gasteiger partial charge in [-0.3, -0.25) is 9.59 Å². The van der Waals surface area contributed by atoms with Crippen molar-refractivity contribution in [3.63, 3.8) is 0 Å². The number of hydrogen-bond donors (Lipinski definition) is 9. The number of carboxylic acids is 1. The van der Waals surface area contributed by atoms with E-state index < -0.39 is 91.9 Å². The maximum absolute atomic E-state index is 12.2. The number of aliphatic hydroxyl groups excluding tert-OH is 6. The molecule has 9 N–H and O–H groups in total. The van der Waals surface area contributed by atoms with Crippen LogP contribution in [0, 0.1) is 0 Å². The van der Waals surface area contributed by atoms with Crippen molar-refractivity contribution >= 4 is 17.8 Å². The van der Waals surface area contributed by atoms with E-state index in [4.69, 9.17) is 14.6 Å². The summed E-state index contributed by atoms with van der Waals surface area (Å²) >= 11 is 0. The fourth-order valence-electron chi connectivity index (χ4n) is 3.28. The Kier molecular flexibility index (Phi) is 10.4. The van der Waals surface area contributed by atoms with Crippen LogP contribution in [-0.4, -0.2) is 121 Å². The van der Waals surface area contributed by atoms with Gasteiger partial charge in [0.15, 0.2) is 0 Å². The van der Waals surface area contributed by atoms with Crippen LogP contribution < -0.4 is 10.6 Å². The van der Waals surface area contributed by atoms with Crippen molar-refractivity contribution in [1.29, 1.82) is 0 Å². The van der Waals surface area contributed by atoms with Crippen LogP contribution in [0.5, 0.6) is 0 Å². The molecule has 1 saturated heterocycles. The smallest absolute Gasteiger partial charge is 0.367 e.